The highest BCUT2D eigenvalue weighted by Gasteiger charge is 2.53. The molecule has 1 spiro atoms. The predicted octanol–water partition coefficient (Wildman–Crippen LogP) is 7.22. The number of aromatic amines is 1. The van der Waals surface area contributed by atoms with Gasteiger partial charge < -0.3 is 9.88 Å². The maximum atomic E-state index is 14.3. The van der Waals surface area contributed by atoms with Crippen molar-refractivity contribution in [3.05, 3.63) is 99.5 Å². The van der Waals surface area contributed by atoms with Gasteiger partial charge in [-0.3, -0.25) is 0 Å². The molecule has 0 saturated heterocycles. The zero-order valence-electron chi connectivity index (χ0n) is 17.7. The minimum atomic E-state index is -0.203. The number of benzene rings is 3. The Morgan fingerprint density at radius 3 is 2.48 bits per heavy atom. The molecule has 4 heteroatoms. The number of aromatic nitrogens is 1. The molecule has 1 aromatic heterocycles. The molecule has 31 heavy (non-hydrogen) atoms. The molecule has 1 fully saturated rings. The summed E-state index contributed by atoms with van der Waals surface area (Å²) in [6.45, 7) is 5.20. The van der Waals surface area contributed by atoms with Crippen LogP contribution in [0.1, 0.15) is 46.8 Å². The van der Waals surface area contributed by atoms with Crippen molar-refractivity contribution < 1.29 is 4.39 Å². The van der Waals surface area contributed by atoms with E-state index in [-0.39, 0.29) is 17.3 Å². The lowest BCUT2D eigenvalue weighted by atomic mass is 9.82. The first-order valence-corrected chi connectivity index (χ1v) is 11.2. The first-order chi connectivity index (χ1) is 14.9. The third kappa shape index (κ3) is 2.98. The zero-order valence-corrected chi connectivity index (χ0v) is 18.4. The molecule has 1 saturated carbocycles. The first-order valence-electron chi connectivity index (χ1n) is 10.9. The van der Waals surface area contributed by atoms with E-state index >= 15 is 0 Å². The molecule has 3 aromatic carbocycles. The highest BCUT2D eigenvalue weighted by Crippen LogP contribution is 2.58. The molecule has 0 radical (unpaired) electrons. The van der Waals surface area contributed by atoms with Crippen molar-refractivity contribution in [3.63, 3.8) is 0 Å². The second-order valence-electron chi connectivity index (χ2n) is 9.32. The van der Waals surface area contributed by atoms with E-state index in [0.717, 1.165) is 35.5 Å². The van der Waals surface area contributed by atoms with E-state index in [4.69, 9.17) is 11.6 Å². The predicted molar refractivity (Wildman–Crippen MR) is 126 cm³/mol. The monoisotopic (exact) mass is 430 g/mol. The van der Waals surface area contributed by atoms with Gasteiger partial charge in [0, 0.05) is 39.3 Å². The lowest BCUT2D eigenvalue weighted by molar-refractivity contribution is 0.544. The molecule has 2 nitrogen and oxygen atoms in total. The van der Waals surface area contributed by atoms with Gasteiger partial charge in [-0.1, -0.05) is 29.8 Å². The molecule has 1 unspecified atom stereocenters. The Balaban J connectivity index is 1.64. The molecule has 0 bridgehead atoms. The van der Waals surface area contributed by atoms with Crippen LogP contribution in [0.15, 0.2) is 60.7 Å². The summed E-state index contributed by atoms with van der Waals surface area (Å²) in [5, 5.41) is 1.96. The summed E-state index contributed by atoms with van der Waals surface area (Å²) in [6, 6.07) is 19.7. The first kappa shape index (κ1) is 18.9. The molecule has 6 rings (SSSR count). The smallest absolute Gasteiger partial charge is 0.123 e. The summed E-state index contributed by atoms with van der Waals surface area (Å²) in [5.41, 5.74) is 8.42. The van der Waals surface area contributed by atoms with Crippen LogP contribution >= 0.6 is 11.6 Å². The van der Waals surface area contributed by atoms with E-state index in [0.29, 0.717) is 0 Å². The highest BCUT2D eigenvalue weighted by molar-refractivity contribution is 6.31. The van der Waals surface area contributed by atoms with Crippen LogP contribution in [0.2, 0.25) is 5.02 Å². The molecule has 1 N–H and O–H groups in total. The summed E-state index contributed by atoms with van der Waals surface area (Å²) in [4.78, 5) is 6.19. The van der Waals surface area contributed by atoms with Crippen LogP contribution in [0, 0.1) is 19.7 Å². The number of anilines is 1. The van der Waals surface area contributed by atoms with E-state index in [9.17, 15) is 4.39 Å². The fourth-order valence-electron chi connectivity index (χ4n) is 5.55. The maximum Gasteiger partial charge on any atom is 0.123 e. The van der Waals surface area contributed by atoms with E-state index in [2.05, 4.69) is 54.1 Å². The molecule has 2 aliphatic rings. The van der Waals surface area contributed by atoms with E-state index in [1.807, 2.05) is 18.2 Å². The minimum absolute atomic E-state index is 0.0794. The second-order valence-corrected chi connectivity index (χ2v) is 9.75. The molecule has 156 valence electrons. The topological polar surface area (TPSA) is 19.0 Å². The fraction of sp³-hybridized carbons (Fsp3) is 0.259. The Kier molecular flexibility index (Phi) is 4.04. The van der Waals surface area contributed by atoms with Crippen LogP contribution in [0.5, 0.6) is 0 Å². The van der Waals surface area contributed by atoms with Crippen molar-refractivity contribution in [2.75, 3.05) is 11.4 Å². The summed E-state index contributed by atoms with van der Waals surface area (Å²) >= 11 is 6.39. The normalized spacial score (nSPS) is 19.1. The summed E-state index contributed by atoms with van der Waals surface area (Å²) in [5.74, 6) is -0.203. The standard InChI is InChI=1S/C27H24ClFN2/c1-16-10-17(2)12-21(11-16)31-15-27(8-9-27)24-22-14-19(28)6-7-23(22)30-25(24)26(31)18-4-3-5-20(29)13-18/h3-7,10-14,26,30H,8-9,15H2,1-2H3. The van der Waals surface area contributed by atoms with E-state index in [1.165, 1.54) is 39.5 Å². The van der Waals surface area contributed by atoms with Crippen LogP contribution in [-0.2, 0) is 5.41 Å². The van der Waals surface area contributed by atoms with Crippen molar-refractivity contribution in [2.24, 2.45) is 0 Å². The number of halogens is 2. The Hall–Kier alpha value is -2.78. The van der Waals surface area contributed by atoms with Gasteiger partial charge in [-0.2, -0.15) is 0 Å². The summed E-state index contributed by atoms with van der Waals surface area (Å²) in [6.07, 6.45) is 2.33. The van der Waals surface area contributed by atoms with Crippen molar-refractivity contribution in [3.8, 4) is 0 Å². The Morgan fingerprint density at radius 1 is 1.00 bits per heavy atom. The Morgan fingerprint density at radius 2 is 1.77 bits per heavy atom. The minimum Gasteiger partial charge on any atom is -0.358 e. The van der Waals surface area contributed by atoms with Crippen LogP contribution in [-0.4, -0.2) is 11.5 Å². The van der Waals surface area contributed by atoms with Crippen LogP contribution in [0.3, 0.4) is 0 Å². The lowest BCUT2D eigenvalue weighted by Gasteiger charge is -2.42. The van der Waals surface area contributed by atoms with Crippen molar-refractivity contribution in [2.45, 2.75) is 38.1 Å². The van der Waals surface area contributed by atoms with Gasteiger partial charge in [0.05, 0.1) is 6.04 Å². The summed E-state index contributed by atoms with van der Waals surface area (Å²) < 4.78 is 14.3. The van der Waals surface area contributed by atoms with Crippen LogP contribution in [0.4, 0.5) is 10.1 Å². The molecular formula is C27H24ClFN2. The maximum absolute atomic E-state index is 14.3. The van der Waals surface area contributed by atoms with Crippen molar-refractivity contribution >= 4 is 28.2 Å². The number of nitrogens with zero attached hydrogens (tertiary/aromatic N) is 1. The molecule has 4 aromatic rings. The molecule has 0 amide bonds. The third-order valence-electron chi connectivity index (χ3n) is 6.93. The lowest BCUT2D eigenvalue weighted by Crippen LogP contribution is -2.42. The Labute approximate surface area is 186 Å². The van der Waals surface area contributed by atoms with Gasteiger partial charge >= 0.3 is 0 Å². The molecular weight excluding hydrogens is 407 g/mol. The van der Waals surface area contributed by atoms with Gasteiger partial charge in [0.25, 0.3) is 0 Å². The van der Waals surface area contributed by atoms with Crippen molar-refractivity contribution in [1.29, 1.82) is 0 Å². The van der Waals surface area contributed by atoms with Gasteiger partial charge in [-0.05, 0) is 91.4 Å². The quantitative estimate of drug-likeness (QED) is 0.355. The van der Waals surface area contributed by atoms with E-state index < -0.39 is 0 Å². The average Bonchev–Trinajstić information content (AvgIpc) is 3.37. The van der Waals surface area contributed by atoms with Crippen molar-refractivity contribution in [1.82, 2.24) is 4.98 Å². The van der Waals surface area contributed by atoms with Gasteiger partial charge in [0.15, 0.2) is 0 Å². The average molecular weight is 431 g/mol. The number of H-pyrrole nitrogens is 1. The van der Waals surface area contributed by atoms with Gasteiger partial charge in [-0.25, -0.2) is 4.39 Å². The SMILES string of the molecule is Cc1cc(C)cc(N2CC3(CC3)c3c([nH]c4ccc(Cl)cc34)C2c2cccc(F)c2)c1. The number of rotatable bonds is 2. The number of hydrogen-bond donors (Lipinski definition) is 1. The van der Waals surface area contributed by atoms with Gasteiger partial charge in [-0.15, -0.1) is 0 Å². The van der Waals surface area contributed by atoms with Gasteiger partial charge in [0.1, 0.15) is 5.82 Å². The highest BCUT2D eigenvalue weighted by atomic mass is 35.5. The largest absolute Gasteiger partial charge is 0.358 e. The van der Waals surface area contributed by atoms with Crippen LogP contribution < -0.4 is 4.90 Å². The summed E-state index contributed by atoms with van der Waals surface area (Å²) in [7, 11) is 0. The fourth-order valence-corrected chi connectivity index (χ4v) is 5.72. The zero-order chi connectivity index (χ0) is 21.3. The third-order valence-corrected chi connectivity index (χ3v) is 7.17. The van der Waals surface area contributed by atoms with E-state index in [1.54, 1.807) is 6.07 Å². The molecule has 2 heterocycles. The number of aryl methyl sites for hydroxylation is 2. The second kappa shape index (κ2) is 6.61. The molecule has 1 aliphatic heterocycles. The molecule has 1 atom stereocenters. The number of fused-ring (bicyclic) bond motifs is 4. The number of nitrogens with one attached hydrogen (secondary N) is 1. The molecule has 1 aliphatic carbocycles. The van der Waals surface area contributed by atoms with Crippen LogP contribution in [0.25, 0.3) is 10.9 Å². The number of hydrogen-bond acceptors (Lipinski definition) is 1. The Bertz CT molecular complexity index is 1310. The van der Waals surface area contributed by atoms with Gasteiger partial charge in [0.2, 0.25) is 0 Å².